The Morgan fingerprint density at radius 3 is 2.57 bits per heavy atom. The average Bonchev–Trinajstić information content (AvgIpc) is 2.99. The number of thioether (sulfide) groups is 1. The number of carbonyl (C=O) groups is 1. The molecule has 0 unspecified atom stereocenters. The molecule has 1 aliphatic rings. The van der Waals surface area contributed by atoms with Gasteiger partial charge in [-0.25, -0.2) is 4.99 Å². The summed E-state index contributed by atoms with van der Waals surface area (Å²) < 4.78 is 11.8. The van der Waals surface area contributed by atoms with Crippen LogP contribution in [0.15, 0.2) is 56.8 Å². The van der Waals surface area contributed by atoms with Crippen molar-refractivity contribution >= 4 is 50.5 Å². The third-order valence-electron chi connectivity index (χ3n) is 4.06. The third kappa shape index (κ3) is 4.59. The maximum atomic E-state index is 12.9. The Balaban J connectivity index is 1.94. The second-order valence-corrected chi connectivity index (χ2v) is 7.79. The number of benzene rings is 2. The van der Waals surface area contributed by atoms with Crippen LogP contribution in [0.1, 0.15) is 19.4 Å². The molecule has 2 aromatic rings. The molecule has 7 heteroatoms. The maximum Gasteiger partial charge on any atom is 0.266 e. The van der Waals surface area contributed by atoms with Gasteiger partial charge in [0.05, 0.1) is 24.3 Å². The molecule has 1 fully saturated rings. The van der Waals surface area contributed by atoms with E-state index >= 15 is 0 Å². The van der Waals surface area contributed by atoms with E-state index in [-0.39, 0.29) is 5.91 Å². The predicted octanol–water partition coefficient (Wildman–Crippen LogP) is 5.48. The maximum absolute atomic E-state index is 12.9. The van der Waals surface area contributed by atoms with Crippen LogP contribution >= 0.6 is 27.7 Å². The first-order chi connectivity index (χ1) is 13.5. The van der Waals surface area contributed by atoms with Crippen LogP contribution in [-0.2, 0) is 4.79 Å². The van der Waals surface area contributed by atoms with Gasteiger partial charge < -0.3 is 9.47 Å². The largest absolute Gasteiger partial charge is 0.497 e. The average molecular weight is 461 g/mol. The lowest BCUT2D eigenvalue weighted by molar-refractivity contribution is -0.122. The van der Waals surface area contributed by atoms with E-state index in [2.05, 4.69) is 20.9 Å². The van der Waals surface area contributed by atoms with Crippen molar-refractivity contribution in [2.45, 2.75) is 13.8 Å². The van der Waals surface area contributed by atoms with Crippen molar-refractivity contribution in [3.8, 4) is 11.5 Å². The molecule has 2 aromatic carbocycles. The van der Waals surface area contributed by atoms with Gasteiger partial charge in [-0.05, 0) is 74.1 Å². The Morgan fingerprint density at radius 1 is 1.18 bits per heavy atom. The summed E-state index contributed by atoms with van der Waals surface area (Å²) in [5.74, 6) is 1.46. The first kappa shape index (κ1) is 20.5. The van der Waals surface area contributed by atoms with Crippen molar-refractivity contribution in [3.05, 3.63) is 57.4 Å². The summed E-state index contributed by atoms with van der Waals surface area (Å²) >= 11 is 4.85. The fourth-order valence-electron chi connectivity index (χ4n) is 2.70. The van der Waals surface area contributed by atoms with Gasteiger partial charge in [-0.3, -0.25) is 9.69 Å². The number of hydrogen-bond donors (Lipinski definition) is 0. The number of amides is 1. The van der Waals surface area contributed by atoms with Gasteiger partial charge in [0.2, 0.25) is 0 Å². The standard InChI is InChI=1S/C21H21BrN2O3S/c1-4-24-20(25)19(13-14-12-15(22)6-11-18(14)27-5-2)28-21(24)23-16-7-9-17(26-3)10-8-16/h6-13H,4-5H2,1-3H3/b19-13+,23-21?. The minimum atomic E-state index is -0.0535. The molecule has 1 heterocycles. The lowest BCUT2D eigenvalue weighted by atomic mass is 10.2. The van der Waals surface area contributed by atoms with Crippen molar-refractivity contribution in [1.82, 2.24) is 4.90 Å². The van der Waals surface area contributed by atoms with Crippen LogP contribution < -0.4 is 9.47 Å². The van der Waals surface area contributed by atoms with Gasteiger partial charge in [0.25, 0.3) is 5.91 Å². The van der Waals surface area contributed by atoms with Crippen LogP contribution in [0.4, 0.5) is 5.69 Å². The summed E-state index contributed by atoms with van der Waals surface area (Å²) in [6, 6.07) is 13.2. The van der Waals surface area contributed by atoms with Gasteiger partial charge in [-0.15, -0.1) is 0 Å². The first-order valence-corrected chi connectivity index (χ1v) is 10.5. The number of aliphatic imine (C=N–C) groups is 1. The molecule has 5 nitrogen and oxygen atoms in total. The number of amidine groups is 1. The van der Waals surface area contributed by atoms with Gasteiger partial charge in [0, 0.05) is 16.6 Å². The smallest absolute Gasteiger partial charge is 0.266 e. The van der Waals surface area contributed by atoms with Gasteiger partial charge >= 0.3 is 0 Å². The highest BCUT2D eigenvalue weighted by molar-refractivity contribution is 9.10. The molecule has 0 N–H and O–H groups in total. The number of rotatable bonds is 6. The van der Waals surface area contributed by atoms with Gasteiger partial charge in [0.1, 0.15) is 11.5 Å². The van der Waals surface area contributed by atoms with Crippen molar-refractivity contribution in [2.75, 3.05) is 20.3 Å². The molecule has 1 aliphatic heterocycles. The monoisotopic (exact) mass is 460 g/mol. The Bertz CT molecular complexity index is 926. The summed E-state index contributed by atoms with van der Waals surface area (Å²) in [6.07, 6.45) is 1.86. The number of methoxy groups -OCH3 is 1. The van der Waals surface area contributed by atoms with Crippen molar-refractivity contribution in [2.24, 2.45) is 4.99 Å². The Kier molecular flexibility index (Phi) is 6.80. The topological polar surface area (TPSA) is 51.1 Å². The zero-order valence-corrected chi connectivity index (χ0v) is 18.3. The molecule has 1 amide bonds. The zero-order chi connectivity index (χ0) is 20.1. The predicted molar refractivity (Wildman–Crippen MR) is 118 cm³/mol. The molecule has 3 rings (SSSR count). The number of ether oxygens (including phenoxy) is 2. The van der Waals surface area contributed by atoms with Crippen LogP contribution in [0.3, 0.4) is 0 Å². The number of hydrogen-bond acceptors (Lipinski definition) is 5. The first-order valence-electron chi connectivity index (χ1n) is 8.92. The molecular weight excluding hydrogens is 440 g/mol. The number of carbonyl (C=O) groups excluding carboxylic acids is 1. The number of halogens is 1. The van der Waals surface area contributed by atoms with E-state index in [0.717, 1.165) is 27.2 Å². The van der Waals surface area contributed by atoms with Gasteiger partial charge in [-0.1, -0.05) is 15.9 Å². The lowest BCUT2D eigenvalue weighted by Crippen LogP contribution is -2.28. The summed E-state index contributed by atoms with van der Waals surface area (Å²) in [5.41, 5.74) is 1.63. The molecule has 0 radical (unpaired) electrons. The highest BCUT2D eigenvalue weighted by Crippen LogP contribution is 2.36. The van der Waals surface area contributed by atoms with E-state index in [0.29, 0.717) is 23.2 Å². The summed E-state index contributed by atoms with van der Waals surface area (Å²) in [6.45, 7) is 4.99. The van der Waals surface area contributed by atoms with Crippen LogP contribution in [0.5, 0.6) is 11.5 Å². The molecule has 146 valence electrons. The van der Waals surface area contributed by atoms with Crippen molar-refractivity contribution < 1.29 is 14.3 Å². The summed E-state index contributed by atoms with van der Waals surface area (Å²) in [5, 5.41) is 0.664. The Hall–Kier alpha value is -2.25. The minimum absolute atomic E-state index is 0.0535. The van der Waals surface area contributed by atoms with Crippen molar-refractivity contribution in [1.29, 1.82) is 0 Å². The fourth-order valence-corrected chi connectivity index (χ4v) is 4.13. The second kappa shape index (κ2) is 9.30. The quantitative estimate of drug-likeness (QED) is 0.535. The van der Waals surface area contributed by atoms with E-state index in [1.54, 1.807) is 12.0 Å². The third-order valence-corrected chi connectivity index (χ3v) is 5.56. The zero-order valence-electron chi connectivity index (χ0n) is 15.9. The van der Waals surface area contributed by atoms with E-state index < -0.39 is 0 Å². The summed E-state index contributed by atoms with van der Waals surface area (Å²) in [7, 11) is 1.63. The molecule has 0 spiro atoms. The molecule has 0 aromatic heterocycles. The highest BCUT2D eigenvalue weighted by atomic mass is 79.9. The minimum Gasteiger partial charge on any atom is -0.497 e. The number of nitrogens with zero attached hydrogens (tertiary/aromatic N) is 2. The van der Waals surface area contributed by atoms with Crippen LogP contribution in [-0.4, -0.2) is 36.2 Å². The molecule has 1 saturated heterocycles. The summed E-state index contributed by atoms with van der Waals surface area (Å²) in [4.78, 5) is 19.8. The van der Waals surface area contributed by atoms with E-state index in [1.807, 2.05) is 62.4 Å². The number of likely N-dealkylation sites (N-methyl/N-ethyl adjacent to an activating group) is 1. The molecule has 28 heavy (non-hydrogen) atoms. The second-order valence-electron chi connectivity index (χ2n) is 5.87. The van der Waals surface area contributed by atoms with Crippen LogP contribution in [0.25, 0.3) is 6.08 Å². The highest BCUT2D eigenvalue weighted by Gasteiger charge is 2.32. The molecule has 0 atom stereocenters. The Labute approximate surface area is 177 Å². The molecule has 0 saturated carbocycles. The molecular formula is C21H21BrN2O3S. The lowest BCUT2D eigenvalue weighted by Gasteiger charge is -2.12. The normalized spacial score (nSPS) is 16.9. The van der Waals surface area contributed by atoms with Crippen LogP contribution in [0, 0.1) is 0 Å². The molecule has 0 aliphatic carbocycles. The van der Waals surface area contributed by atoms with E-state index in [4.69, 9.17) is 9.47 Å². The fraction of sp³-hybridized carbons (Fsp3) is 0.238. The molecule has 0 bridgehead atoms. The van der Waals surface area contributed by atoms with Gasteiger partial charge in [0.15, 0.2) is 5.17 Å². The van der Waals surface area contributed by atoms with Gasteiger partial charge in [-0.2, -0.15) is 0 Å². The van der Waals surface area contributed by atoms with Crippen LogP contribution in [0.2, 0.25) is 0 Å². The van der Waals surface area contributed by atoms with E-state index in [9.17, 15) is 4.79 Å². The van der Waals surface area contributed by atoms with E-state index in [1.165, 1.54) is 11.8 Å². The SMILES string of the molecule is CCOc1ccc(Br)cc1/C=C1/SC(=Nc2ccc(OC)cc2)N(CC)C1=O. The Morgan fingerprint density at radius 2 is 1.93 bits per heavy atom. The van der Waals surface area contributed by atoms with Crippen molar-refractivity contribution in [3.63, 3.8) is 0 Å².